The standard InChI is InChI=1S/C12H6Cl3N3O3/c13-6-1-5(12(20)21)2-7(14)10(6)18-11(19)8-3-16-4-9(15)17-8/h1-4H,(H,18,19)(H,20,21). The lowest BCUT2D eigenvalue weighted by Crippen LogP contribution is -2.15. The first-order valence-electron chi connectivity index (χ1n) is 5.39. The number of halogens is 3. The van der Waals surface area contributed by atoms with E-state index in [2.05, 4.69) is 15.3 Å². The Balaban J connectivity index is 2.32. The molecule has 6 nitrogen and oxygen atoms in total. The van der Waals surface area contributed by atoms with Gasteiger partial charge in [-0.05, 0) is 12.1 Å². The molecule has 2 rings (SSSR count). The van der Waals surface area contributed by atoms with Crippen molar-refractivity contribution in [2.24, 2.45) is 0 Å². The minimum absolute atomic E-state index is 0.0109. The number of amides is 1. The first-order valence-corrected chi connectivity index (χ1v) is 6.53. The Kier molecular flexibility index (Phi) is 4.62. The van der Waals surface area contributed by atoms with Gasteiger partial charge in [0, 0.05) is 0 Å². The zero-order chi connectivity index (χ0) is 15.6. The van der Waals surface area contributed by atoms with Crippen molar-refractivity contribution in [3.8, 4) is 0 Å². The van der Waals surface area contributed by atoms with Crippen LogP contribution in [0.5, 0.6) is 0 Å². The van der Waals surface area contributed by atoms with Gasteiger partial charge in [-0.25, -0.2) is 9.78 Å². The molecule has 2 N–H and O–H groups in total. The van der Waals surface area contributed by atoms with Crippen molar-refractivity contribution in [1.82, 2.24) is 9.97 Å². The van der Waals surface area contributed by atoms with Crippen molar-refractivity contribution in [2.45, 2.75) is 0 Å². The number of carbonyl (C=O) groups excluding carboxylic acids is 1. The van der Waals surface area contributed by atoms with Crippen LogP contribution in [0.2, 0.25) is 15.2 Å². The van der Waals surface area contributed by atoms with Gasteiger partial charge in [0.2, 0.25) is 0 Å². The van der Waals surface area contributed by atoms with Gasteiger partial charge in [0.05, 0.1) is 33.7 Å². The number of aromatic nitrogens is 2. The Bertz CT molecular complexity index is 714. The Morgan fingerprint density at radius 1 is 1.10 bits per heavy atom. The van der Waals surface area contributed by atoms with Crippen LogP contribution in [0.3, 0.4) is 0 Å². The molecule has 9 heteroatoms. The third-order valence-corrected chi connectivity index (χ3v) is 3.14. The number of carboxylic acids is 1. The number of rotatable bonds is 3. The zero-order valence-corrected chi connectivity index (χ0v) is 12.4. The van der Waals surface area contributed by atoms with Crippen LogP contribution < -0.4 is 5.32 Å². The predicted octanol–water partition coefficient (Wildman–Crippen LogP) is 3.39. The van der Waals surface area contributed by atoms with Gasteiger partial charge >= 0.3 is 5.97 Å². The highest BCUT2D eigenvalue weighted by Gasteiger charge is 2.16. The fourth-order valence-electron chi connectivity index (χ4n) is 1.45. The summed E-state index contributed by atoms with van der Waals surface area (Å²) in [6.07, 6.45) is 2.49. The molecule has 1 amide bonds. The molecule has 0 aliphatic heterocycles. The van der Waals surface area contributed by atoms with Crippen molar-refractivity contribution < 1.29 is 14.7 Å². The molecule has 0 atom stereocenters. The number of hydrogen-bond acceptors (Lipinski definition) is 4. The highest BCUT2D eigenvalue weighted by molar-refractivity contribution is 6.40. The van der Waals surface area contributed by atoms with Crippen LogP contribution in [0.4, 0.5) is 5.69 Å². The predicted molar refractivity (Wildman–Crippen MR) is 78.4 cm³/mol. The molecule has 2 aromatic rings. The lowest BCUT2D eigenvalue weighted by atomic mass is 10.2. The van der Waals surface area contributed by atoms with Gasteiger partial charge in [-0.15, -0.1) is 0 Å². The molecular weight excluding hydrogens is 341 g/mol. The summed E-state index contributed by atoms with van der Waals surface area (Å²) in [5, 5.41) is 11.3. The maximum Gasteiger partial charge on any atom is 0.335 e. The van der Waals surface area contributed by atoms with Gasteiger partial charge in [-0.1, -0.05) is 34.8 Å². The van der Waals surface area contributed by atoms with Crippen LogP contribution in [0.15, 0.2) is 24.5 Å². The first kappa shape index (κ1) is 15.5. The van der Waals surface area contributed by atoms with Crippen molar-refractivity contribution in [2.75, 3.05) is 5.32 Å². The second-order valence-electron chi connectivity index (χ2n) is 3.80. The third-order valence-electron chi connectivity index (χ3n) is 2.37. The fourth-order valence-corrected chi connectivity index (χ4v) is 2.17. The second-order valence-corrected chi connectivity index (χ2v) is 5.00. The minimum atomic E-state index is -1.18. The molecule has 0 aliphatic carbocycles. The van der Waals surface area contributed by atoms with E-state index < -0.39 is 11.9 Å². The number of anilines is 1. The van der Waals surface area contributed by atoms with Crippen LogP contribution in [0.1, 0.15) is 20.8 Å². The summed E-state index contributed by atoms with van der Waals surface area (Å²) >= 11 is 17.5. The largest absolute Gasteiger partial charge is 0.478 e. The number of benzene rings is 1. The van der Waals surface area contributed by atoms with E-state index >= 15 is 0 Å². The maximum absolute atomic E-state index is 12.0. The Hall–Kier alpha value is -1.89. The summed E-state index contributed by atoms with van der Waals surface area (Å²) < 4.78 is 0. The molecule has 0 saturated heterocycles. The van der Waals surface area contributed by atoms with Gasteiger partial charge in [-0.2, -0.15) is 0 Å². The number of nitrogens with one attached hydrogen (secondary N) is 1. The molecule has 0 fully saturated rings. The molecule has 0 radical (unpaired) electrons. The first-order chi connectivity index (χ1) is 9.88. The summed E-state index contributed by atoms with van der Waals surface area (Å²) in [7, 11) is 0. The number of aromatic carboxylic acids is 1. The Labute approximate surface area is 133 Å². The van der Waals surface area contributed by atoms with E-state index in [4.69, 9.17) is 39.9 Å². The van der Waals surface area contributed by atoms with Crippen molar-refractivity contribution in [3.63, 3.8) is 0 Å². The molecule has 1 aromatic heterocycles. The highest BCUT2D eigenvalue weighted by atomic mass is 35.5. The van der Waals surface area contributed by atoms with Crippen molar-refractivity contribution in [3.05, 3.63) is 51.0 Å². The van der Waals surface area contributed by atoms with Crippen molar-refractivity contribution >= 4 is 52.4 Å². The van der Waals surface area contributed by atoms with Crippen LogP contribution in [-0.2, 0) is 0 Å². The maximum atomic E-state index is 12.0. The van der Waals surface area contributed by atoms with Gasteiger partial charge in [0.15, 0.2) is 0 Å². The molecule has 1 heterocycles. The molecule has 1 aromatic carbocycles. The normalized spacial score (nSPS) is 10.2. The monoisotopic (exact) mass is 345 g/mol. The zero-order valence-electron chi connectivity index (χ0n) is 10.1. The number of hydrogen-bond donors (Lipinski definition) is 2. The summed E-state index contributed by atoms with van der Waals surface area (Å²) in [5.74, 6) is -1.81. The topological polar surface area (TPSA) is 92.2 Å². The van der Waals surface area contributed by atoms with E-state index in [0.29, 0.717) is 0 Å². The second kappa shape index (κ2) is 6.26. The van der Waals surface area contributed by atoms with Crippen molar-refractivity contribution in [1.29, 1.82) is 0 Å². The summed E-state index contributed by atoms with van der Waals surface area (Å²) in [6, 6.07) is 2.35. The molecule has 108 valence electrons. The van der Waals surface area contributed by atoms with Gasteiger partial charge in [0.1, 0.15) is 10.8 Å². The number of carboxylic acid groups (broad SMARTS) is 1. The molecule has 0 unspecified atom stereocenters. The van der Waals surface area contributed by atoms with Crippen LogP contribution in [0, 0.1) is 0 Å². The van der Waals surface area contributed by atoms with Gasteiger partial charge in [-0.3, -0.25) is 9.78 Å². The Morgan fingerprint density at radius 3 is 2.24 bits per heavy atom. The van der Waals surface area contributed by atoms with Crippen LogP contribution in [0.25, 0.3) is 0 Å². The van der Waals surface area contributed by atoms with Gasteiger partial charge in [0.25, 0.3) is 5.91 Å². The van der Waals surface area contributed by atoms with E-state index in [9.17, 15) is 9.59 Å². The number of nitrogens with zero attached hydrogens (tertiary/aromatic N) is 2. The quantitative estimate of drug-likeness (QED) is 0.888. The average molecular weight is 347 g/mol. The smallest absolute Gasteiger partial charge is 0.335 e. The third kappa shape index (κ3) is 3.60. The molecule has 0 aliphatic rings. The molecule has 0 saturated carbocycles. The lowest BCUT2D eigenvalue weighted by molar-refractivity contribution is 0.0696. The summed E-state index contributed by atoms with van der Waals surface area (Å²) in [5.41, 5.74) is -0.0439. The SMILES string of the molecule is O=C(O)c1cc(Cl)c(NC(=O)c2cncc(Cl)n2)c(Cl)c1. The lowest BCUT2D eigenvalue weighted by Gasteiger charge is -2.10. The minimum Gasteiger partial charge on any atom is -0.478 e. The fraction of sp³-hybridized carbons (Fsp3) is 0. The van der Waals surface area contributed by atoms with Gasteiger partial charge < -0.3 is 10.4 Å². The molecule has 21 heavy (non-hydrogen) atoms. The van der Waals surface area contributed by atoms with E-state index in [1.165, 1.54) is 24.5 Å². The highest BCUT2D eigenvalue weighted by Crippen LogP contribution is 2.32. The average Bonchev–Trinajstić information content (AvgIpc) is 2.42. The van der Waals surface area contributed by atoms with E-state index in [-0.39, 0.29) is 32.1 Å². The summed E-state index contributed by atoms with van der Waals surface area (Å²) in [4.78, 5) is 30.4. The van der Waals surface area contributed by atoms with E-state index in [0.717, 1.165) is 0 Å². The molecule has 0 bridgehead atoms. The van der Waals surface area contributed by atoms with Crippen LogP contribution in [-0.4, -0.2) is 27.0 Å². The molecular formula is C12H6Cl3N3O3. The van der Waals surface area contributed by atoms with E-state index in [1.54, 1.807) is 0 Å². The van der Waals surface area contributed by atoms with Crippen LogP contribution >= 0.6 is 34.8 Å². The van der Waals surface area contributed by atoms with E-state index in [1.807, 2.05) is 0 Å². The number of carbonyl (C=O) groups is 2. The molecule has 0 spiro atoms. The summed E-state index contributed by atoms with van der Waals surface area (Å²) in [6.45, 7) is 0. The Morgan fingerprint density at radius 2 is 1.71 bits per heavy atom.